The van der Waals surface area contributed by atoms with Crippen molar-refractivity contribution in [2.24, 2.45) is 11.8 Å². The van der Waals surface area contributed by atoms with E-state index in [2.05, 4.69) is 10.4 Å². The lowest BCUT2D eigenvalue weighted by Gasteiger charge is -2.21. The summed E-state index contributed by atoms with van der Waals surface area (Å²) in [7, 11) is 0. The van der Waals surface area contributed by atoms with Crippen LogP contribution in [-0.2, 0) is 4.74 Å². The third-order valence-electron chi connectivity index (χ3n) is 2.73. The van der Waals surface area contributed by atoms with E-state index in [-0.39, 0.29) is 6.04 Å². The van der Waals surface area contributed by atoms with Gasteiger partial charge in [0.05, 0.1) is 12.6 Å². The molecule has 0 radical (unpaired) electrons. The first-order chi connectivity index (χ1) is 7.31. The molecular weight excluding hydrogens is 214 g/mol. The number of rotatable bonds is 3. The monoisotopic (exact) mass is 227 g/mol. The van der Waals surface area contributed by atoms with Gasteiger partial charge in [0.1, 0.15) is 5.15 Å². The fourth-order valence-electron chi connectivity index (χ4n) is 1.89. The van der Waals surface area contributed by atoms with Gasteiger partial charge in [0.2, 0.25) is 0 Å². The highest BCUT2D eigenvalue weighted by molar-refractivity contribution is 6.29. The van der Waals surface area contributed by atoms with Gasteiger partial charge in [-0.25, -0.2) is 4.98 Å². The molecule has 0 amide bonds. The largest absolute Gasteiger partial charge is 0.381 e. The first-order valence-electron chi connectivity index (χ1n) is 4.96. The molecule has 1 aliphatic heterocycles. The maximum absolute atomic E-state index is 5.73. The van der Waals surface area contributed by atoms with Gasteiger partial charge in [-0.3, -0.25) is 11.3 Å². The molecule has 0 aliphatic carbocycles. The van der Waals surface area contributed by atoms with Crippen molar-refractivity contribution >= 4 is 11.6 Å². The van der Waals surface area contributed by atoms with Gasteiger partial charge >= 0.3 is 0 Å². The average molecular weight is 228 g/mol. The second-order valence-corrected chi connectivity index (χ2v) is 4.07. The summed E-state index contributed by atoms with van der Waals surface area (Å²) in [6, 6.07) is 3.81. The Morgan fingerprint density at radius 1 is 1.60 bits per heavy atom. The molecule has 15 heavy (non-hydrogen) atoms. The van der Waals surface area contributed by atoms with Crippen LogP contribution >= 0.6 is 11.6 Å². The zero-order valence-corrected chi connectivity index (χ0v) is 9.07. The van der Waals surface area contributed by atoms with Crippen molar-refractivity contribution in [1.82, 2.24) is 10.4 Å². The van der Waals surface area contributed by atoms with Crippen LogP contribution in [0.5, 0.6) is 0 Å². The normalized spacial score (nSPS) is 22.9. The molecule has 1 aromatic heterocycles. The Balaban J connectivity index is 2.14. The minimum atomic E-state index is 0.0947. The first kappa shape index (κ1) is 10.8. The maximum Gasteiger partial charge on any atom is 0.129 e. The molecule has 2 unspecified atom stereocenters. The van der Waals surface area contributed by atoms with Crippen LogP contribution in [0.1, 0.15) is 18.0 Å². The molecule has 0 aromatic carbocycles. The van der Waals surface area contributed by atoms with Gasteiger partial charge in [-0.1, -0.05) is 17.7 Å². The van der Waals surface area contributed by atoms with Crippen LogP contribution in [0.4, 0.5) is 0 Å². The Hall–Kier alpha value is -0.680. The van der Waals surface area contributed by atoms with E-state index in [1.165, 1.54) is 0 Å². The Labute approximate surface area is 93.7 Å². The Kier molecular flexibility index (Phi) is 3.53. The molecule has 0 spiro atoms. The maximum atomic E-state index is 5.73. The molecule has 1 aromatic rings. The summed E-state index contributed by atoms with van der Waals surface area (Å²) in [6.07, 6.45) is 2.78. The lowest BCUT2D eigenvalue weighted by atomic mass is 9.94. The molecule has 2 heterocycles. The number of nitrogens with one attached hydrogen (secondary N) is 1. The number of hydrazine groups is 1. The van der Waals surface area contributed by atoms with Crippen LogP contribution in [0.2, 0.25) is 5.15 Å². The number of nitrogens with zero attached hydrogens (tertiary/aromatic N) is 1. The minimum absolute atomic E-state index is 0.0947. The second-order valence-electron chi connectivity index (χ2n) is 3.68. The van der Waals surface area contributed by atoms with Crippen molar-refractivity contribution in [2.75, 3.05) is 13.2 Å². The summed E-state index contributed by atoms with van der Waals surface area (Å²) in [6.45, 7) is 1.56. The third-order valence-corrected chi connectivity index (χ3v) is 2.95. The summed E-state index contributed by atoms with van der Waals surface area (Å²) in [5.74, 6) is 5.97. The van der Waals surface area contributed by atoms with Gasteiger partial charge in [0, 0.05) is 18.7 Å². The standard InChI is InChI=1S/C10H14ClN3O/c11-9-2-1-7(5-13-9)10(14-12)8-3-4-15-6-8/h1-2,5,8,10,14H,3-4,6,12H2. The predicted molar refractivity (Wildman–Crippen MR) is 58.2 cm³/mol. The van der Waals surface area contributed by atoms with Gasteiger partial charge in [0.15, 0.2) is 0 Å². The number of ether oxygens (including phenoxy) is 1. The summed E-state index contributed by atoms with van der Waals surface area (Å²) >= 11 is 5.73. The number of aromatic nitrogens is 1. The van der Waals surface area contributed by atoms with E-state index in [0.29, 0.717) is 11.1 Å². The van der Waals surface area contributed by atoms with E-state index in [0.717, 1.165) is 25.2 Å². The zero-order chi connectivity index (χ0) is 10.7. The molecule has 0 bridgehead atoms. The molecule has 2 atom stereocenters. The van der Waals surface area contributed by atoms with E-state index in [1.807, 2.05) is 6.07 Å². The van der Waals surface area contributed by atoms with Gasteiger partial charge in [-0.2, -0.15) is 0 Å². The van der Waals surface area contributed by atoms with Gasteiger partial charge in [0.25, 0.3) is 0 Å². The minimum Gasteiger partial charge on any atom is -0.381 e. The van der Waals surface area contributed by atoms with Crippen LogP contribution in [0, 0.1) is 5.92 Å². The lowest BCUT2D eigenvalue weighted by molar-refractivity contribution is 0.176. The van der Waals surface area contributed by atoms with E-state index in [4.69, 9.17) is 22.2 Å². The number of nitrogens with two attached hydrogens (primary N) is 1. The van der Waals surface area contributed by atoms with Crippen molar-refractivity contribution in [3.63, 3.8) is 0 Å². The summed E-state index contributed by atoms with van der Waals surface area (Å²) in [5.41, 5.74) is 3.87. The number of hydrogen-bond donors (Lipinski definition) is 2. The van der Waals surface area contributed by atoms with Gasteiger partial charge in [-0.05, 0) is 18.1 Å². The highest BCUT2D eigenvalue weighted by Crippen LogP contribution is 2.27. The second kappa shape index (κ2) is 4.90. The number of hydrogen-bond acceptors (Lipinski definition) is 4. The summed E-state index contributed by atoms with van der Waals surface area (Å²) < 4.78 is 5.34. The Morgan fingerprint density at radius 3 is 3.00 bits per heavy atom. The van der Waals surface area contributed by atoms with Gasteiger partial charge in [-0.15, -0.1) is 0 Å². The SMILES string of the molecule is NNC(c1ccc(Cl)nc1)C1CCOC1. The Morgan fingerprint density at radius 2 is 2.47 bits per heavy atom. The van der Waals surface area contributed by atoms with Crippen molar-refractivity contribution < 1.29 is 4.74 Å². The molecule has 1 aliphatic rings. The van der Waals surface area contributed by atoms with Crippen LogP contribution in [0.25, 0.3) is 0 Å². The zero-order valence-electron chi connectivity index (χ0n) is 8.32. The van der Waals surface area contributed by atoms with Crippen LogP contribution < -0.4 is 11.3 Å². The van der Waals surface area contributed by atoms with Crippen LogP contribution in [0.15, 0.2) is 18.3 Å². The fraction of sp³-hybridized carbons (Fsp3) is 0.500. The number of pyridine rings is 1. The molecule has 2 rings (SSSR count). The molecule has 0 saturated carbocycles. The van der Waals surface area contributed by atoms with Crippen LogP contribution in [-0.4, -0.2) is 18.2 Å². The van der Waals surface area contributed by atoms with Gasteiger partial charge < -0.3 is 4.74 Å². The highest BCUT2D eigenvalue weighted by Gasteiger charge is 2.26. The molecule has 82 valence electrons. The topological polar surface area (TPSA) is 60.2 Å². The molecule has 4 nitrogen and oxygen atoms in total. The van der Waals surface area contributed by atoms with Crippen molar-refractivity contribution in [3.05, 3.63) is 29.0 Å². The molecule has 1 saturated heterocycles. The van der Waals surface area contributed by atoms with Crippen molar-refractivity contribution in [3.8, 4) is 0 Å². The predicted octanol–water partition coefficient (Wildman–Crippen LogP) is 1.28. The lowest BCUT2D eigenvalue weighted by Crippen LogP contribution is -2.33. The quantitative estimate of drug-likeness (QED) is 0.464. The van der Waals surface area contributed by atoms with Crippen molar-refractivity contribution in [2.45, 2.75) is 12.5 Å². The third kappa shape index (κ3) is 2.46. The fourth-order valence-corrected chi connectivity index (χ4v) is 2.00. The van der Waals surface area contributed by atoms with E-state index < -0.39 is 0 Å². The molecule has 1 fully saturated rings. The van der Waals surface area contributed by atoms with E-state index in [9.17, 15) is 0 Å². The van der Waals surface area contributed by atoms with Crippen molar-refractivity contribution in [1.29, 1.82) is 0 Å². The highest BCUT2D eigenvalue weighted by atomic mass is 35.5. The molecule has 5 heteroatoms. The smallest absolute Gasteiger partial charge is 0.129 e. The Bertz CT molecular complexity index is 311. The van der Waals surface area contributed by atoms with Crippen LogP contribution in [0.3, 0.4) is 0 Å². The summed E-state index contributed by atoms with van der Waals surface area (Å²) in [4.78, 5) is 4.05. The number of halogens is 1. The molecule has 3 N–H and O–H groups in total. The molecular formula is C10H14ClN3O. The average Bonchev–Trinajstić information content (AvgIpc) is 2.75. The van der Waals surface area contributed by atoms with E-state index in [1.54, 1.807) is 12.3 Å². The van der Waals surface area contributed by atoms with E-state index >= 15 is 0 Å². The summed E-state index contributed by atoms with van der Waals surface area (Å²) in [5, 5.41) is 0.497. The first-order valence-corrected chi connectivity index (χ1v) is 5.34.